The number of ether oxygens (including phenoxy) is 2. The van der Waals surface area contributed by atoms with Crippen molar-refractivity contribution in [2.45, 2.75) is 53.2 Å². The van der Waals surface area contributed by atoms with Crippen LogP contribution in [0, 0.1) is 6.92 Å². The number of nitrogens with one attached hydrogen (secondary N) is 2. The lowest BCUT2D eigenvalue weighted by Gasteiger charge is -2.31. The van der Waals surface area contributed by atoms with Gasteiger partial charge in [-0.1, -0.05) is 12.1 Å². The highest BCUT2D eigenvalue weighted by Gasteiger charge is 2.25. The molecule has 31 heavy (non-hydrogen) atoms. The second-order valence-electron chi connectivity index (χ2n) is 8.62. The highest BCUT2D eigenvalue weighted by molar-refractivity contribution is 6.00. The largest absolute Gasteiger partial charge is 0.494 e. The number of urea groups is 1. The summed E-state index contributed by atoms with van der Waals surface area (Å²) in [5.74, 6) is 0.715. The van der Waals surface area contributed by atoms with Crippen LogP contribution in [-0.4, -0.2) is 35.8 Å². The standard InChI is InChI=1S/C24H31N3O4/c1-6-30-20-10-7-16(2)21(14-20)26-22(28)25-19-9-8-18-15-27(12-11-17(18)13-19)23(29)31-24(3,4)5/h7-10,13-14H,6,11-12,15H2,1-5H3,(H2,25,26,28). The Balaban J connectivity index is 1.63. The lowest BCUT2D eigenvalue weighted by molar-refractivity contribution is 0.0224. The summed E-state index contributed by atoms with van der Waals surface area (Å²) in [5, 5.41) is 5.77. The molecule has 0 radical (unpaired) electrons. The van der Waals surface area contributed by atoms with Crippen molar-refractivity contribution >= 4 is 23.5 Å². The van der Waals surface area contributed by atoms with Gasteiger partial charge in [-0.2, -0.15) is 0 Å². The molecule has 1 aliphatic rings. The van der Waals surface area contributed by atoms with Crippen LogP contribution < -0.4 is 15.4 Å². The molecule has 1 heterocycles. The van der Waals surface area contributed by atoms with E-state index >= 15 is 0 Å². The Hall–Kier alpha value is -3.22. The number of nitrogens with zero attached hydrogens (tertiary/aromatic N) is 1. The molecule has 7 heteroatoms. The number of hydrogen-bond acceptors (Lipinski definition) is 4. The number of carbonyl (C=O) groups excluding carboxylic acids is 2. The van der Waals surface area contributed by atoms with E-state index in [0.29, 0.717) is 43.2 Å². The van der Waals surface area contributed by atoms with Gasteiger partial charge in [0.15, 0.2) is 0 Å². The van der Waals surface area contributed by atoms with E-state index in [1.54, 1.807) is 4.90 Å². The number of amides is 3. The van der Waals surface area contributed by atoms with Crippen LogP contribution in [0.25, 0.3) is 0 Å². The molecular weight excluding hydrogens is 394 g/mol. The first-order valence-electron chi connectivity index (χ1n) is 10.6. The number of fused-ring (bicyclic) bond motifs is 1. The molecule has 0 atom stereocenters. The van der Waals surface area contributed by atoms with Crippen molar-refractivity contribution in [1.82, 2.24) is 4.90 Å². The molecule has 2 aromatic rings. The van der Waals surface area contributed by atoms with Gasteiger partial charge in [-0.15, -0.1) is 0 Å². The third-order valence-electron chi connectivity index (χ3n) is 4.90. The summed E-state index contributed by atoms with van der Waals surface area (Å²) < 4.78 is 11.0. The molecule has 0 aliphatic carbocycles. The molecule has 1 aliphatic heterocycles. The van der Waals surface area contributed by atoms with E-state index in [9.17, 15) is 9.59 Å². The lowest BCUT2D eigenvalue weighted by Crippen LogP contribution is -2.39. The predicted molar refractivity (Wildman–Crippen MR) is 122 cm³/mol. The lowest BCUT2D eigenvalue weighted by atomic mass is 9.99. The normalized spacial score (nSPS) is 13.3. The maximum atomic E-state index is 12.5. The molecule has 0 bridgehead atoms. The van der Waals surface area contributed by atoms with Crippen molar-refractivity contribution in [2.24, 2.45) is 0 Å². The van der Waals surface area contributed by atoms with Crippen LogP contribution in [-0.2, 0) is 17.7 Å². The second-order valence-corrected chi connectivity index (χ2v) is 8.62. The monoisotopic (exact) mass is 425 g/mol. The van der Waals surface area contributed by atoms with Crippen LogP contribution in [0.5, 0.6) is 5.75 Å². The third kappa shape index (κ3) is 6.13. The Labute approximate surface area is 183 Å². The van der Waals surface area contributed by atoms with Gasteiger partial charge < -0.3 is 25.0 Å². The van der Waals surface area contributed by atoms with Crippen LogP contribution >= 0.6 is 0 Å². The zero-order valence-corrected chi connectivity index (χ0v) is 18.9. The van der Waals surface area contributed by atoms with Crippen LogP contribution in [0.4, 0.5) is 21.0 Å². The van der Waals surface area contributed by atoms with Gasteiger partial charge >= 0.3 is 12.1 Å². The molecule has 2 N–H and O–H groups in total. The zero-order valence-electron chi connectivity index (χ0n) is 18.9. The molecule has 0 aromatic heterocycles. The summed E-state index contributed by atoms with van der Waals surface area (Å²) >= 11 is 0. The molecule has 3 amide bonds. The van der Waals surface area contributed by atoms with Gasteiger partial charge in [0.1, 0.15) is 11.4 Å². The molecule has 7 nitrogen and oxygen atoms in total. The first-order chi connectivity index (χ1) is 14.6. The second kappa shape index (κ2) is 9.29. The number of benzene rings is 2. The van der Waals surface area contributed by atoms with Crippen molar-refractivity contribution in [3.8, 4) is 5.75 Å². The molecule has 0 saturated carbocycles. The number of carbonyl (C=O) groups is 2. The van der Waals surface area contributed by atoms with Crippen molar-refractivity contribution in [3.05, 3.63) is 53.1 Å². The van der Waals surface area contributed by atoms with Crippen LogP contribution in [0.2, 0.25) is 0 Å². The third-order valence-corrected chi connectivity index (χ3v) is 4.90. The highest BCUT2D eigenvalue weighted by Crippen LogP contribution is 2.25. The van der Waals surface area contributed by atoms with Crippen molar-refractivity contribution < 1.29 is 19.1 Å². The minimum Gasteiger partial charge on any atom is -0.494 e. The Bertz CT molecular complexity index is 966. The van der Waals surface area contributed by atoms with Crippen LogP contribution in [0.3, 0.4) is 0 Å². The molecule has 0 spiro atoms. The smallest absolute Gasteiger partial charge is 0.410 e. The van der Waals surface area contributed by atoms with Gasteiger partial charge in [0.05, 0.1) is 6.61 Å². The number of hydrogen-bond donors (Lipinski definition) is 2. The van der Waals surface area contributed by atoms with Crippen LogP contribution in [0.15, 0.2) is 36.4 Å². The SMILES string of the molecule is CCOc1ccc(C)c(NC(=O)Nc2ccc3c(c2)CCN(C(=O)OC(C)(C)C)C3)c1. The van der Waals surface area contributed by atoms with E-state index in [1.165, 1.54) is 0 Å². The summed E-state index contributed by atoms with van der Waals surface area (Å²) in [6, 6.07) is 11.1. The van der Waals surface area contributed by atoms with Crippen molar-refractivity contribution in [3.63, 3.8) is 0 Å². The first-order valence-corrected chi connectivity index (χ1v) is 10.6. The average molecular weight is 426 g/mol. The Kier molecular flexibility index (Phi) is 6.73. The molecule has 0 unspecified atom stereocenters. The zero-order chi connectivity index (χ0) is 22.6. The minimum absolute atomic E-state index is 0.301. The van der Waals surface area contributed by atoms with E-state index < -0.39 is 5.60 Å². The van der Waals surface area contributed by atoms with E-state index in [1.807, 2.05) is 71.0 Å². The molecule has 0 fully saturated rings. The van der Waals surface area contributed by atoms with Crippen LogP contribution in [0.1, 0.15) is 44.4 Å². The Morgan fingerprint density at radius 2 is 1.84 bits per heavy atom. The quantitative estimate of drug-likeness (QED) is 0.694. The maximum Gasteiger partial charge on any atom is 0.410 e. The summed E-state index contributed by atoms with van der Waals surface area (Å²) in [6.07, 6.45) is 0.408. The van der Waals surface area contributed by atoms with Crippen molar-refractivity contribution in [1.29, 1.82) is 0 Å². The van der Waals surface area contributed by atoms with Crippen molar-refractivity contribution in [2.75, 3.05) is 23.8 Å². The highest BCUT2D eigenvalue weighted by atomic mass is 16.6. The summed E-state index contributed by atoms with van der Waals surface area (Å²) in [7, 11) is 0. The fraction of sp³-hybridized carbons (Fsp3) is 0.417. The Morgan fingerprint density at radius 1 is 1.06 bits per heavy atom. The van der Waals surface area contributed by atoms with E-state index in [2.05, 4.69) is 10.6 Å². The maximum absolute atomic E-state index is 12.5. The number of rotatable bonds is 4. The van der Waals surface area contributed by atoms with Gasteiger partial charge in [-0.3, -0.25) is 0 Å². The molecule has 3 rings (SSSR count). The first kappa shape index (κ1) is 22.5. The van der Waals surface area contributed by atoms with E-state index in [4.69, 9.17) is 9.47 Å². The molecular formula is C24H31N3O4. The van der Waals surface area contributed by atoms with Gasteiger partial charge in [0, 0.05) is 30.5 Å². The fourth-order valence-electron chi connectivity index (χ4n) is 3.39. The topological polar surface area (TPSA) is 79.9 Å². The van der Waals surface area contributed by atoms with Gasteiger partial charge in [-0.05, 0) is 75.9 Å². The number of anilines is 2. The average Bonchev–Trinajstić information content (AvgIpc) is 2.69. The predicted octanol–water partition coefficient (Wildman–Crippen LogP) is 5.33. The Morgan fingerprint density at radius 3 is 2.55 bits per heavy atom. The minimum atomic E-state index is -0.515. The van der Waals surface area contributed by atoms with Gasteiger partial charge in [-0.25, -0.2) is 9.59 Å². The van der Waals surface area contributed by atoms with Gasteiger partial charge in [0.2, 0.25) is 0 Å². The summed E-state index contributed by atoms with van der Waals surface area (Å²) in [4.78, 5) is 26.6. The summed E-state index contributed by atoms with van der Waals surface area (Å²) in [5.41, 5.74) is 4.02. The summed E-state index contributed by atoms with van der Waals surface area (Å²) in [6.45, 7) is 11.1. The molecule has 0 saturated heterocycles. The number of aryl methyl sites for hydroxylation is 1. The fourth-order valence-corrected chi connectivity index (χ4v) is 3.39. The van der Waals surface area contributed by atoms with E-state index in [0.717, 1.165) is 16.7 Å². The molecule has 166 valence electrons. The molecule has 2 aromatic carbocycles. The van der Waals surface area contributed by atoms with E-state index in [-0.39, 0.29) is 12.1 Å². The van der Waals surface area contributed by atoms with Gasteiger partial charge in [0.25, 0.3) is 0 Å².